The lowest BCUT2D eigenvalue weighted by atomic mass is 9.92. The van der Waals surface area contributed by atoms with Crippen LogP contribution < -0.4 is 10.9 Å². The molecule has 1 aromatic carbocycles. The van der Waals surface area contributed by atoms with Gasteiger partial charge in [0, 0.05) is 6.20 Å². The molecule has 0 aliphatic heterocycles. The molecule has 1 aliphatic carbocycles. The van der Waals surface area contributed by atoms with E-state index in [9.17, 15) is 14.7 Å². The first-order chi connectivity index (χ1) is 12.0. The van der Waals surface area contributed by atoms with E-state index in [1.807, 2.05) is 31.2 Å². The average molecular weight is 340 g/mol. The van der Waals surface area contributed by atoms with Crippen LogP contribution in [0, 0.1) is 6.92 Å². The largest absolute Gasteiger partial charge is 0.391 e. The fourth-order valence-electron chi connectivity index (χ4n) is 3.37. The number of carbonyl (C=O) groups excluding carboxylic acids is 1. The molecule has 2 atom stereocenters. The molecule has 3 rings (SSSR count). The Hall–Kier alpha value is -2.40. The van der Waals surface area contributed by atoms with Gasteiger partial charge in [-0.25, -0.2) is 0 Å². The summed E-state index contributed by atoms with van der Waals surface area (Å²) in [6, 6.07) is 10.9. The van der Waals surface area contributed by atoms with E-state index in [-0.39, 0.29) is 17.2 Å². The number of aryl methyl sites for hydroxylation is 1. The number of pyridine rings is 1. The van der Waals surface area contributed by atoms with Crippen LogP contribution >= 0.6 is 0 Å². The van der Waals surface area contributed by atoms with E-state index >= 15 is 0 Å². The normalized spacial score (nSPS) is 20.2. The summed E-state index contributed by atoms with van der Waals surface area (Å²) in [4.78, 5) is 25.2. The molecular weight excluding hydrogens is 316 g/mol. The monoisotopic (exact) mass is 340 g/mol. The van der Waals surface area contributed by atoms with Gasteiger partial charge < -0.3 is 15.0 Å². The van der Waals surface area contributed by atoms with Gasteiger partial charge in [-0.1, -0.05) is 42.7 Å². The van der Waals surface area contributed by atoms with Crippen LogP contribution in [0.4, 0.5) is 0 Å². The van der Waals surface area contributed by atoms with Gasteiger partial charge in [0.15, 0.2) is 0 Å². The fraction of sp³-hybridized carbons (Fsp3) is 0.400. The molecule has 2 unspecified atom stereocenters. The summed E-state index contributed by atoms with van der Waals surface area (Å²) in [5, 5.41) is 12.8. The molecule has 0 radical (unpaired) electrons. The zero-order chi connectivity index (χ0) is 17.8. The van der Waals surface area contributed by atoms with Gasteiger partial charge in [-0.3, -0.25) is 9.59 Å². The van der Waals surface area contributed by atoms with Gasteiger partial charge in [-0.2, -0.15) is 0 Å². The van der Waals surface area contributed by atoms with Crippen LogP contribution in [0.2, 0.25) is 0 Å². The second kappa shape index (κ2) is 7.66. The highest BCUT2D eigenvalue weighted by Crippen LogP contribution is 2.18. The summed E-state index contributed by atoms with van der Waals surface area (Å²) >= 11 is 0. The Bertz CT molecular complexity index is 813. The van der Waals surface area contributed by atoms with Gasteiger partial charge in [-0.15, -0.1) is 0 Å². The predicted molar refractivity (Wildman–Crippen MR) is 96.7 cm³/mol. The van der Waals surface area contributed by atoms with E-state index < -0.39 is 12.0 Å². The third-order valence-corrected chi connectivity index (χ3v) is 4.75. The maximum atomic E-state index is 12.7. The molecule has 5 nitrogen and oxygen atoms in total. The van der Waals surface area contributed by atoms with Crippen molar-refractivity contribution in [2.45, 2.75) is 51.3 Å². The molecule has 2 N–H and O–H groups in total. The van der Waals surface area contributed by atoms with Crippen LogP contribution in [0.5, 0.6) is 0 Å². The lowest BCUT2D eigenvalue weighted by molar-refractivity contribution is 0.0716. The van der Waals surface area contributed by atoms with E-state index in [4.69, 9.17) is 0 Å². The molecular formula is C20H24N2O3. The Morgan fingerprint density at radius 2 is 2.04 bits per heavy atom. The minimum Gasteiger partial charge on any atom is -0.391 e. The number of amides is 1. The molecule has 1 amide bonds. The van der Waals surface area contributed by atoms with Crippen molar-refractivity contribution in [3.63, 3.8) is 0 Å². The smallest absolute Gasteiger partial charge is 0.263 e. The first-order valence-electron chi connectivity index (χ1n) is 8.78. The van der Waals surface area contributed by atoms with Crippen LogP contribution in [0.15, 0.2) is 47.4 Å². The number of rotatable bonds is 4. The highest BCUT2D eigenvalue weighted by Gasteiger charge is 2.25. The van der Waals surface area contributed by atoms with Crippen molar-refractivity contribution in [3.05, 3.63) is 69.6 Å². The van der Waals surface area contributed by atoms with Gasteiger partial charge in [0.2, 0.25) is 0 Å². The minimum atomic E-state index is -0.532. The van der Waals surface area contributed by atoms with Crippen molar-refractivity contribution in [1.82, 2.24) is 9.88 Å². The molecule has 1 aliphatic rings. The van der Waals surface area contributed by atoms with Crippen molar-refractivity contribution in [1.29, 1.82) is 0 Å². The zero-order valence-electron chi connectivity index (χ0n) is 14.4. The van der Waals surface area contributed by atoms with Crippen LogP contribution in [-0.2, 0) is 6.54 Å². The van der Waals surface area contributed by atoms with Crippen LogP contribution in [0.3, 0.4) is 0 Å². The summed E-state index contributed by atoms with van der Waals surface area (Å²) in [5.41, 5.74) is 1.95. The van der Waals surface area contributed by atoms with Crippen LogP contribution in [0.1, 0.15) is 47.2 Å². The molecule has 1 saturated carbocycles. The molecule has 0 spiro atoms. The molecule has 1 fully saturated rings. The van der Waals surface area contributed by atoms with E-state index in [2.05, 4.69) is 5.32 Å². The van der Waals surface area contributed by atoms with Crippen molar-refractivity contribution in [2.75, 3.05) is 0 Å². The van der Waals surface area contributed by atoms with E-state index in [1.54, 1.807) is 22.9 Å². The highest BCUT2D eigenvalue weighted by atomic mass is 16.3. The maximum absolute atomic E-state index is 12.7. The Kier molecular flexibility index (Phi) is 5.34. The number of hydrogen-bond acceptors (Lipinski definition) is 3. The predicted octanol–water partition coefficient (Wildman–Crippen LogP) is 2.24. The third-order valence-electron chi connectivity index (χ3n) is 4.75. The number of nitrogens with one attached hydrogen (secondary N) is 1. The van der Waals surface area contributed by atoms with Gasteiger partial charge in [0.05, 0.1) is 18.7 Å². The summed E-state index contributed by atoms with van der Waals surface area (Å²) in [5.74, 6) is -0.408. The summed E-state index contributed by atoms with van der Waals surface area (Å²) in [7, 11) is 0. The topological polar surface area (TPSA) is 71.3 Å². The van der Waals surface area contributed by atoms with E-state index in [0.717, 1.165) is 30.4 Å². The van der Waals surface area contributed by atoms with Gasteiger partial charge in [-0.05, 0) is 37.5 Å². The van der Waals surface area contributed by atoms with Crippen LogP contribution in [-0.4, -0.2) is 27.7 Å². The van der Waals surface area contributed by atoms with E-state index in [1.165, 1.54) is 0 Å². The Labute approximate surface area is 147 Å². The second-order valence-corrected chi connectivity index (χ2v) is 6.78. The first kappa shape index (κ1) is 17.4. The Morgan fingerprint density at radius 1 is 1.24 bits per heavy atom. The number of aliphatic hydroxyl groups excluding tert-OH is 1. The van der Waals surface area contributed by atoms with Gasteiger partial charge in [0.25, 0.3) is 11.5 Å². The Morgan fingerprint density at radius 3 is 2.80 bits per heavy atom. The summed E-state index contributed by atoms with van der Waals surface area (Å²) < 4.78 is 1.54. The second-order valence-electron chi connectivity index (χ2n) is 6.78. The number of hydrogen-bond donors (Lipinski definition) is 2. The van der Waals surface area contributed by atoms with Crippen LogP contribution in [0.25, 0.3) is 0 Å². The average Bonchev–Trinajstić information content (AvgIpc) is 2.59. The highest BCUT2D eigenvalue weighted by molar-refractivity contribution is 5.94. The number of carbonyl (C=O) groups is 1. The molecule has 1 heterocycles. The number of nitrogens with zero attached hydrogens (tertiary/aromatic N) is 1. The van der Waals surface area contributed by atoms with Gasteiger partial charge in [0.1, 0.15) is 5.56 Å². The van der Waals surface area contributed by atoms with Crippen molar-refractivity contribution in [2.24, 2.45) is 0 Å². The lowest BCUT2D eigenvalue weighted by Gasteiger charge is -2.28. The molecule has 5 heteroatoms. The molecule has 132 valence electrons. The zero-order valence-corrected chi connectivity index (χ0v) is 14.4. The first-order valence-corrected chi connectivity index (χ1v) is 8.78. The maximum Gasteiger partial charge on any atom is 0.263 e. The minimum absolute atomic E-state index is 0.118. The standard InChI is InChI=1S/C20H24N2O3/c1-14-6-4-7-15(12-14)13-22-11-5-8-16(20(22)25)19(24)21-17-9-2-3-10-18(17)23/h4-8,11-12,17-18,23H,2-3,9-10,13H2,1H3,(H,21,24). The summed E-state index contributed by atoms with van der Waals surface area (Å²) in [6.45, 7) is 2.43. The fourth-order valence-corrected chi connectivity index (χ4v) is 3.37. The Balaban J connectivity index is 1.78. The molecule has 0 saturated heterocycles. The van der Waals surface area contributed by atoms with Crippen molar-refractivity contribution in [3.8, 4) is 0 Å². The number of benzene rings is 1. The molecule has 2 aromatic rings. The molecule has 1 aromatic heterocycles. The van der Waals surface area contributed by atoms with Crippen molar-refractivity contribution >= 4 is 5.91 Å². The number of aromatic nitrogens is 1. The quantitative estimate of drug-likeness (QED) is 0.897. The third kappa shape index (κ3) is 4.17. The van der Waals surface area contributed by atoms with Crippen molar-refractivity contribution < 1.29 is 9.90 Å². The summed E-state index contributed by atoms with van der Waals surface area (Å²) in [6.07, 6.45) is 4.55. The number of aliphatic hydroxyl groups is 1. The lowest BCUT2D eigenvalue weighted by Crippen LogP contribution is -2.46. The van der Waals surface area contributed by atoms with E-state index in [0.29, 0.717) is 13.0 Å². The SMILES string of the molecule is Cc1cccc(Cn2cccc(C(=O)NC3CCCCC3O)c2=O)c1. The van der Waals surface area contributed by atoms with Gasteiger partial charge >= 0.3 is 0 Å². The molecule has 25 heavy (non-hydrogen) atoms. The molecule has 0 bridgehead atoms.